The number of rotatable bonds is 3. The zero-order chi connectivity index (χ0) is 18.7. The van der Waals surface area contributed by atoms with Crippen molar-refractivity contribution in [1.29, 1.82) is 0 Å². The van der Waals surface area contributed by atoms with E-state index in [-0.39, 0.29) is 0 Å². The quantitative estimate of drug-likeness (QED) is 0.577. The highest BCUT2D eigenvalue weighted by Gasteiger charge is 2.57. The summed E-state index contributed by atoms with van der Waals surface area (Å²) in [5, 5.41) is 10.9. The second kappa shape index (κ2) is 6.09. The van der Waals surface area contributed by atoms with Crippen LogP contribution in [0.15, 0.2) is 36.0 Å². The van der Waals surface area contributed by atoms with Crippen LogP contribution in [0.4, 0.5) is 0 Å². The lowest BCUT2D eigenvalue weighted by molar-refractivity contribution is -0.0605. The first kappa shape index (κ1) is 18.5. The summed E-state index contributed by atoms with van der Waals surface area (Å²) in [5.74, 6) is 2.95. The number of hydrogen-bond donors (Lipinski definition) is 1. The molecule has 0 saturated heterocycles. The Balaban J connectivity index is 1.63. The molecule has 0 amide bonds. The van der Waals surface area contributed by atoms with E-state index in [1.807, 2.05) is 0 Å². The van der Waals surface area contributed by atoms with Gasteiger partial charge in [0.25, 0.3) is 0 Å². The summed E-state index contributed by atoms with van der Waals surface area (Å²) in [5.41, 5.74) is 3.53. The van der Waals surface area contributed by atoms with E-state index in [9.17, 15) is 5.11 Å². The Bertz CT molecular complexity index is 657. The first-order chi connectivity index (χ1) is 12.3. The van der Waals surface area contributed by atoms with Crippen LogP contribution in [0.5, 0.6) is 0 Å². The van der Waals surface area contributed by atoms with E-state index in [0.717, 1.165) is 37.0 Å². The van der Waals surface area contributed by atoms with Crippen molar-refractivity contribution in [3.05, 3.63) is 36.0 Å². The molecule has 0 bridgehead atoms. The van der Waals surface area contributed by atoms with Gasteiger partial charge in [0, 0.05) is 0 Å². The molecule has 0 aromatic rings. The molecule has 2 saturated carbocycles. The first-order valence-electron chi connectivity index (χ1n) is 11.0. The lowest BCUT2D eigenvalue weighted by atomic mass is 9.46. The Morgan fingerprint density at radius 3 is 2.62 bits per heavy atom. The Morgan fingerprint density at radius 2 is 1.92 bits per heavy atom. The summed E-state index contributed by atoms with van der Waals surface area (Å²) in [6, 6.07) is 0. The van der Waals surface area contributed by atoms with Gasteiger partial charge in [-0.25, -0.2) is 0 Å². The minimum absolute atomic E-state index is 0.332. The van der Waals surface area contributed by atoms with Gasteiger partial charge in [-0.2, -0.15) is 0 Å². The fraction of sp³-hybridized carbons (Fsp3) is 0.760. The first-order valence-corrected chi connectivity index (χ1v) is 11.0. The van der Waals surface area contributed by atoms with Crippen LogP contribution < -0.4 is 0 Å². The molecule has 0 radical (unpaired) electrons. The fourth-order valence-corrected chi connectivity index (χ4v) is 7.45. The maximum Gasteiger partial charge on any atom is 0.0682 e. The lowest BCUT2D eigenvalue weighted by Gasteiger charge is -2.59. The van der Waals surface area contributed by atoms with E-state index in [4.69, 9.17) is 0 Å². The molecular weight excluding hydrogens is 316 g/mol. The molecule has 144 valence electrons. The summed E-state index contributed by atoms with van der Waals surface area (Å²) < 4.78 is 0. The number of allylic oxidation sites excluding steroid dienone is 4. The highest BCUT2D eigenvalue weighted by Crippen LogP contribution is 2.66. The molecule has 1 N–H and O–H groups in total. The Kier molecular flexibility index (Phi) is 4.34. The zero-order valence-electron chi connectivity index (χ0n) is 17.4. The predicted molar refractivity (Wildman–Crippen MR) is 110 cm³/mol. The van der Waals surface area contributed by atoms with E-state index in [0.29, 0.717) is 16.7 Å². The van der Waals surface area contributed by atoms with Gasteiger partial charge < -0.3 is 5.11 Å². The van der Waals surface area contributed by atoms with Crippen LogP contribution in [0.3, 0.4) is 0 Å². The molecule has 0 spiro atoms. The van der Waals surface area contributed by atoms with Gasteiger partial charge in [0.1, 0.15) is 0 Å². The van der Waals surface area contributed by atoms with Gasteiger partial charge >= 0.3 is 0 Å². The van der Waals surface area contributed by atoms with Crippen LogP contribution in [0.25, 0.3) is 0 Å². The third-order valence-corrected chi connectivity index (χ3v) is 9.40. The number of aliphatic hydroxyl groups is 1. The van der Waals surface area contributed by atoms with Gasteiger partial charge in [0.2, 0.25) is 0 Å². The molecular formula is C25H38O. The van der Waals surface area contributed by atoms with Gasteiger partial charge in [-0.1, -0.05) is 57.1 Å². The van der Waals surface area contributed by atoms with E-state index in [1.54, 1.807) is 11.1 Å². The average molecular weight is 355 g/mol. The van der Waals surface area contributed by atoms with Crippen molar-refractivity contribution in [3.63, 3.8) is 0 Å². The summed E-state index contributed by atoms with van der Waals surface area (Å²) >= 11 is 0. The molecule has 7 atom stereocenters. The van der Waals surface area contributed by atoms with Crippen LogP contribution in [0.1, 0.15) is 79.1 Å². The summed E-state index contributed by atoms with van der Waals surface area (Å²) in [7, 11) is 0. The van der Waals surface area contributed by atoms with Gasteiger partial charge in [0.15, 0.2) is 0 Å². The molecule has 1 nitrogen and oxygen atoms in total. The molecule has 0 aromatic carbocycles. The number of fused-ring (bicyclic) bond motifs is 5. The van der Waals surface area contributed by atoms with Crippen molar-refractivity contribution in [1.82, 2.24) is 0 Å². The van der Waals surface area contributed by atoms with Crippen LogP contribution >= 0.6 is 0 Å². The molecule has 0 heterocycles. The normalized spacial score (nSPS) is 48.6. The Labute approximate surface area is 160 Å². The molecule has 4 aliphatic rings. The maximum absolute atomic E-state index is 10.9. The van der Waals surface area contributed by atoms with E-state index in [2.05, 4.69) is 52.5 Å². The van der Waals surface area contributed by atoms with Gasteiger partial charge in [0.05, 0.1) is 5.60 Å². The van der Waals surface area contributed by atoms with Crippen molar-refractivity contribution in [2.45, 2.75) is 84.7 Å². The SMILES string of the molecule is C=C[C@@H](C)C1=CC[C@H]2[C@@H]3CC=C4C[C@](O)(CC)CC[C@]4(C)[C@H]3CC[C@]12C. The second-order valence-corrected chi connectivity index (χ2v) is 10.4. The minimum atomic E-state index is -0.442. The molecule has 0 aromatic heterocycles. The molecule has 0 aliphatic heterocycles. The highest BCUT2D eigenvalue weighted by atomic mass is 16.3. The van der Waals surface area contributed by atoms with Crippen LogP contribution in [0, 0.1) is 34.5 Å². The third-order valence-electron chi connectivity index (χ3n) is 9.40. The smallest absolute Gasteiger partial charge is 0.0682 e. The molecule has 2 fully saturated rings. The van der Waals surface area contributed by atoms with Crippen LogP contribution in [-0.2, 0) is 0 Å². The van der Waals surface area contributed by atoms with Crippen LogP contribution in [0.2, 0.25) is 0 Å². The van der Waals surface area contributed by atoms with Crippen molar-refractivity contribution in [2.24, 2.45) is 34.5 Å². The Morgan fingerprint density at radius 1 is 1.15 bits per heavy atom. The molecule has 0 unspecified atom stereocenters. The maximum atomic E-state index is 10.9. The number of hydrogen-bond acceptors (Lipinski definition) is 1. The fourth-order valence-electron chi connectivity index (χ4n) is 7.45. The van der Waals surface area contributed by atoms with E-state index < -0.39 is 5.60 Å². The summed E-state index contributed by atoms with van der Waals surface area (Å²) in [4.78, 5) is 0. The summed E-state index contributed by atoms with van der Waals surface area (Å²) in [6.07, 6.45) is 16.4. The van der Waals surface area contributed by atoms with Crippen molar-refractivity contribution in [3.8, 4) is 0 Å². The van der Waals surface area contributed by atoms with Crippen molar-refractivity contribution >= 4 is 0 Å². The third kappa shape index (κ3) is 2.45. The van der Waals surface area contributed by atoms with Crippen molar-refractivity contribution < 1.29 is 5.11 Å². The van der Waals surface area contributed by atoms with Gasteiger partial charge in [-0.05, 0) is 85.9 Å². The second-order valence-electron chi connectivity index (χ2n) is 10.4. The average Bonchev–Trinajstić information content (AvgIpc) is 2.99. The molecule has 4 aliphatic carbocycles. The van der Waals surface area contributed by atoms with E-state index in [1.165, 1.54) is 32.1 Å². The largest absolute Gasteiger partial charge is 0.390 e. The monoisotopic (exact) mass is 354 g/mol. The Hall–Kier alpha value is -0.820. The van der Waals surface area contributed by atoms with E-state index >= 15 is 0 Å². The van der Waals surface area contributed by atoms with Gasteiger partial charge in [-0.15, -0.1) is 6.58 Å². The van der Waals surface area contributed by atoms with Gasteiger partial charge in [-0.3, -0.25) is 0 Å². The molecule has 1 heteroatoms. The lowest BCUT2D eigenvalue weighted by Crippen LogP contribution is -2.51. The molecule has 26 heavy (non-hydrogen) atoms. The standard InChI is InChI=1S/C25H38O/c1-6-17(3)20-10-11-21-19-9-8-18-16-25(26,7-2)15-14-23(18,4)22(19)12-13-24(20,21)5/h6,8,10,17,19,21-22,26H,1,7,9,11-16H2,2-5H3/t17-,19+,21+,22+,23+,24-,25+/m1/s1. The topological polar surface area (TPSA) is 20.2 Å². The molecule has 4 rings (SSSR count). The zero-order valence-corrected chi connectivity index (χ0v) is 17.4. The van der Waals surface area contributed by atoms with Crippen LogP contribution in [-0.4, -0.2) is 10.7 Å². The summed E-state index contributed by atoms with van der Waals surface area (Å²) in [6.45, 7) is 13.6. The predicted octanol–water partition coefficient (Wildman–Crippen LogP) is 6.45. The van der Waals surface area contributed by atoms with Crippen molar-refractivity contribution in [2.75, 3.05) is 0 Å². The minimum Gasteiger partial charge on any atom is -0.390 e. The highest BCUT2D eigenvalue weighted by molar-refractivity contribution is 5.32.